The summed E-state index contributed by atoms with van der Waals surface area (Å²) >= 11 is 0. The topological polar surface area (TPSA) is 24.5 Å². The van der Waals surface area contributed by atoms with Gasteiger partial charge < -0.3 is 15.0 Å². The van der Waals surface area contributed by atoms with Crippen LogP contribution in [0.15, 0.2) is 18.2 Å². The fourth-order valence-electron chi connectivity index (χ4n) is 2.50. The van der Waals surface area contributed by atoms with E-state index in [1.54, 1.807) is 7.11 Å². The lowest BCUT2D eigenvalue weighted by Gasteiger charge is -2.27. The Labute approximate surface area is 116 Å². The minimum atomic E-state index is 0.549. The van der Waals surface area contributed by atoms with Crippen molar-refractivity contribution in [3.63, 3.8) is 0 Å². The van der Waals surface area contributed by atoms with Crippen LogP contribution in [0.3, 0.4) is 0 Å². The first-order chi connectivity index (χ1) is 9.19. The average molecular weight is 262 g/mol. The van der Waals surface area contributed by atoms with E-state index in [1.165, 1.54) is 24.2 Å². The van der Waals surface area contributed by atoms with Crippen LogP contribution < -0.4 is 10.1 Å². The predicted octanol–water partition coefficient (Wildman–Crippen LogP) is 2.27. The smallest absolute Gasteiger partial charge is 0.119 e. The molecular formula is C16H26N2O. The summed E-state index contributed by atoms with van der Waals surface area (Å²) in [6.07, 6.45) is 1.11. The Morgan fingerprint density at radius 3 is 2.58 bits per heavy atom. The third-order valence-electron chi connectivity index (χ3n) is 3.82. The SMILES string of the molecule is COc1cc(CCN2CCNCC2)cc(C(C)C)c1. The van der Waals surface area contributed by atoms with Gasteiger partial charge in [0.2, 0.25) is 0 Å². The van der Waals surface area contributed by atoms with Gasteiger partial charge in [-0.15, -0.1) is 0 Å². The van der Waals surface area contributed by atoms with E-state index in [2.05, 4.69) is 42.3 Å². The maximum atomic E-state index is 5.41. The highest BCUT2D eigenvalue weighted by Gasteiger charge is 2.10. The second kappa shape index (κ2) is 6.92. The lowest BCUT2D eigenvalue weighted by molar-refractivity contribution is 0.244. The molecule has 1 fully saturated rings. The number of benzene rings is 1. The van der Waals surface area contributed by atoms with Gasteiger partial charge >= 0.3 is 0 Å². The number of nitrogens with zero attached hydrogens (tertiary/aromatic N) is 1. The molecule has 0 saturated carbocycles. The Morgan fingerprint density at radius 1 is 1.21 bits per heavy atom. The summed E-state index contributed by atoms with van der Waals surface area (Å²) in [4.78, 5) is 2.53. The Morgan fingerprint density at radius 2 is 1.95 bits per heavy atom. The second-order valence-electron chi connectivity index (χ2n) is 5.61. The van der Waals surface area contributed by atoms with E-state index >= 15 is 0 Å². The van der Waals surface area contributed by atoms with Gasteiger partial charge in [-0.2, -0.15) is 0 Å². The van der Waals surface area contributed by atoms with Crippen molar-refractivity contribution in [3.05, 3.63) is 29.3 Å². The minimum Gasteiger partial charge on any atom is -0.497 e. The lowest BCUT2D eigenvalue weighted by Crippen LogP contribution is -2.44. The Hall–Kier alpha value is -1.06. The normalized spacial score (nSPS) is 16.8. The molecule has 1 saturated heterocycles. The predicted molar refractivity (Wildman–Crippen MR) is 80.1 cm³/mol. The molecule has 1 heterocycles. The van der Waals surface area contributed by atoms with Gasteiger partial charge in [0.05, 0.1) is 7.11 Å². The van der Waals surface area contributed by atoms with Crippen LogP contribution in [0.2, 0.25) is 0 Å². The Kier molecular flexibility index (Phi) is 5.23. The number of ether oxygens (including phenoxy) is 1. The Balaban J connectivity index is 2.00. The zero-order valence-corrected chi connectivity index (χ0v) is 12.4. The van der Waals surface area contributed by atoms with Crippen LogP contribution in [0.4, 0.5) is 0 Å². The van der Waals surface area contributed by atoms with Gasteiger partial charge in [0.15, 0.2) is 0 Å². The molecule has 0 radical (unpaired) electrons. The van der Waals surface area contributed by atoms with Crippen LogP contribution in [0, 0.1) is 0 Å². The van der Waals surface area contributed by atoms with Gasteiger partial charge in [-0.1, -0.05) is 19.9 Å². The summed E-state index contributed by atoms with van der Waals surface area (Å²) in [5.41, 5.74) is 2.76. The first kappa shape index (κ1) is 14.4. The first-order valence-corrected chi connectivity index (χ1v) is 7.30. The molecule has 0 atom stereocenters. The van der Waals surface area contributed by atoms with Crippen molar-refractivity contribution in [2.75, 3.05) is 39.8 Å². The molecule has 3 heteroatoms. The summed E-state index contributed by atoms with van der Waals surface area (Å²) in [5, 5.41) is 3.39. The van der Waals surface area contributed by atoms with Crippen molar-refractivity contribution in [1.29, 1.82) is 0 Å². The summed E-state index contributed by atoms with van der Waals surface area (Å²) in [7, 11) is 1.75. The Bertz CT molecular complexity index is 398. The highest BCUT2D eigenvalue weighted by molar-refractivity contribution is 5.36. The molecule has 1 aromatic rings. The minimum absolute atomic E-state index is 0.549. The van der Waals surface area contributed by atoms with Crippen molar-refractivity contribution in [3.8, 4) is 5.75 Å². The summed E-state index contributed by atoms with van der Waals surface area (Å²) < 4.78 is 5.41. The number of hydrogen-bond acceptors (Lipinski definition) is 3. The molecule has 106 valence electrons. The van der Waals surface area contributed by atoms with Crippen LogP contribution in [0.25, 0.3) is 0 Å². The molecule has 1 aliphatic heterocycles. The van der Waals surface area contributed by atoms with Crippen LogP contribution in [-0.4, -0.2) is 44.7 Å². The van der Waals surface area contributed by atoms with E-state index in [1.807, 2.05) is 0 Å². The zero-order valence-electron chi connectivity index (χ0n) is 12.4. The number of hydrogen-bond donors (Lipinski definition) is 1. The largest absolute Gasteiger partial charge is 0.497 e. The highest BCUT2D eigenvalue weighted by atomic mass is 16.5. The molecule has 0 unspecified atom stereocenters. The van der Waals surface area contributed by atoms with Crippen LogP contribution >= 0.6 is 0 Å². The van der Waals surface area contributed by atoms with Crippen molar-refractivity contribution in [1.82, 2.24) is 10.2 Å². The van der Waals surface area contributed by atoms with Crippen LogP contribution in [0.5, 0.6) is 5.75 Å². The molecular weight excluding hydrogens is 236 g/mol. The molecule has 0 spiro atoms. The summed E-state index contributed by atoms with van der Waals surface area (Å²) in [6, 6.07) is 6.66. The second-order valence-corrected chi connectivity index (χ2v) is 5.61. The standard InChI is InChI=1S/C16H26N2O/c1-13(2)15-10-14(11-16(12-15)19-3)4-7-18-8-5-17-6-9-18/h10-13,17H,4-9H2,1-3H3. The average Bonchev–Trinajstić information content (AvgIpc) is 2.45. The molecule has 0 bridgehead atoms. The van der Waals surface area contributed by atoms with Gasteiger partial charge in [-0.3, -0.25) is 0 Å². The van der Waals surface area contributed by atoms with Gasteiger partial charge in [0.25, 0.3) is 0 Å². The number of piperazine rings is 1. The van der Waals surface area contributed by atoms with Crippen molar-refractivity contribution < 1.29 is 4.74 Å². The highest BCUT2D eigenvalue weighted by Crippen LogP contribution is 2.23. The van der Waals surface area contributed by atoms with Crippen molar-refractivity contribution in [2.45, 2.75) is 26.2 Å². The van der Waals surface area contributed by atoms with E-state index in [9.17, 15) is 0 Å². The van der Waals surface area contributed by atoms with E-state index in [4.69, 9.17) is 4.74 Å². The van der Waals surface area contributed by atoms with E-state index in [0.717, 1.165) is 31.8 Å². The monoisotopic (exact) mass is 262 g/mol. The van der Waals surface area contributed by atoms with Crippen molar-refractivity contribution >= 4 is 0 Å². The van der Waals surface area contributed by atoms with E-state index < -0.39 is 0 Å². The van der Waals surface area contributed by atoms with E-state index in [0.29, 0.717) is 5.92 Å². The van der Waals surface area contributed by atoms with Gasteiger partial charge in [-0.25, -0.2) is 0 Å². The zero-order chi connectivity index (χ0) is 13.7. The molecule has 0 aliphatic carbocycles. The molecule has 2 rings (SSSR count). The summed E-state index contributed by atoms with van der Waals surface area (Å²) in [5.74, 6) is 1.54. The van der Waals surface area contributed by atoms with Crippen molar-refractivity contribution in [2.24, 2.45) is 0 Å². The van der Waals surface area contributed by atoms with Gasteiger partial charge in [0.1, 0.15) is 5.75 Å². The maximum Gasteiger partial charge on any atom is 0.119 e. The van der Waals surface area contributed by atoms with Gasteiger partial charge in [-0.05, 0) is 35.6 Å². The first-order valence-electron chi connectivity index (χ1n) is 7.30. The molecule has 3 nitrogen and oxygen atoms in total. The number of methoxy groups -OCH3 is 1. The number of rotatable bonds is 5. The number of nitrogens with one attached hydrogen (secondary N) is 1. The molecule has 0 aromatic heterocycles. The molecule has 1 N–H and O–H groups in total. The van der Waals surface area contributed by atoms with E-state index in [-0.39, 0.29) is 0 Å². The fraction of sp³-hybridized carbons (Fsp3) is 0.625. The maximum absolute atomic E-state index is 5.41. The molecule has 19 heavy (non-hydrogen) atoms. The summed E-state index contributed by atoms with van der Waals surface area (Å²) in [6.45, 7) is 10.2. The fourth-order valence-corrected chi connectivity index (χ4v) is 2.50. The third kappa shape index (κ3) is 4.22. The molecule has 0 amide bonds. The quantitative estimate of drug-likeness (QED) is 0.881. The molecule has 1 aromatic carbocycles. The third-order valence-corrected chi connectivity index (χ3v) is 3.82. The van der Waals surface area contributed by atoms with Gasteiger partial charge in [0, 0.05) is 32.7 Å². The lowest BCUT2D eigenvalue weighted by atomic mass is 9.99. The molecule has 1 aliphatic rings. The van der Waals surface area contributed by atoms with Crippen LogP contribution in [0.1, 0.15) is 30.9 Å². The van der Waals surface area contributed by atoms with Crippen LogP contribution in [-0.2, 0) is 6.42 Å².